The molecule has 1 aromatic rings. The molecule has 6 heteroatoms. The number of carboxylic acids is 1. The molecule has 0 aromatic carbocycles. The van der Waals surface area contributed by atoms with Gasteiger partial charge in [-0.2, -0.15) is 5.10 Å². The van der Waals surface area contributed by atoms with E-state index >= 15 is 0 Å². The number of aryl methyl sites for hydroxylation is 1. The monoisotopic (exact) mass is 321 g/mol. The van der Waals surface area contributed by atoms with Gasteiger partial charge in [-0.15, -0.1) is 0 Å². The number of nitrogens with zero attached hydrogens (tertiary/aromatic N) is 2. The summed E-state index contributed by atoms with van der Waals surface area (Å²) in [6, 6.07) is 1.48. The fraction of sp³-hybridized carbons (Fsp3) is 0.706. The van der Waals surface area contributed by atoms with Gasteiger partial charge in [-0.3, -0.25) is 14.3 Å². The van der Waals surface area contributed by atoms with Crippen molar-refractivity contribution in [3.8, 4) is 0 Å². The molecular weight excluding hydrogens is 294 g/mol. The van der Waals surface area contributed by atoms with Gasteiger partial charge in [0.25, 0.3) is 5.91 Å². The van der Waals surface area contributed by atoms with Gasteiger partial charge in [0.15, 0.2) is 0 Å². The van der Waals surface area contributed by atoms with Crippen LogP contribution in [0.2, 0.25) is 0 Å². The maximum absolute atomic E-state index is 12.5. The van der Waals surface area contributed by atoms with E-state index in [0.717, 1.165) is 31.4 Å². The van der Waals surface area contributed by atoms with Gasteiger partial charge in [0, 0.05) is 18.8 Å². The van der Waals surface area contributed by atoms with Crippen LogP contribution in [0.25, 0.3) is 0 Å². The van der Waals surface area contributed by atoms with Crippen molar-refractivity contribution < 1.29 is 14.7 Å². The summed E-state index contributed by atoms with van der Waals surface area (Å²) in [6.45, 7) is 4.10. The third-order valence-electron chi connectivity index (χ3n) is 4.64. The summed E-state index contributed by atoms with van der Waals surface area (Å²) in [7, 11) is 1.82. The lowest BCUT2D eigenvalue weighted by molar-refractivity contribution is -0.143. The molecule has 0 aliphatic heterocycles. The van der Waals surface area contributed by atoms with Crippen molar-refractivity contribution in [3.05, 3.63) is 17.5 Å². The second-order valence-corrected chi connectivity index (χ2v) is 6.75. The first kappa shape index (κ1) is 17.5. The number of carbonyl (C=O) groups excluding carboxylic acids is 1. The molecule has 0 radical (unpaired) electrons. The Balaban J connectivity index is 2.12. The number of aromatic nitrogens is 2. The topological polar surface area (TPSA) is 84.2 Å². The number of rotatable bonds is 4. The Morgan fingerprint density at radius 2 is 1.91 bits per heavy atom. The second kappa shape index (κ2) is 7.62. The molecule has 2 atom stereocenters. The van der Waals surface area contributed by atoms with Crippen molar-refractivity contribution in [2.24, 2.45) is 13.0 Å². The van der Waals surface area contributed by atoms with Crippen LogP contribution in [0, 0.1) is 5.92 Å². The fourth-order valence-electron chi connectivity index (χ4n) is 3.33. The summed E-state index contributed by atoms with van der Waals surface area (Å²) in [5.41, 5.74) is 1.35. The quantitative estimate of drug-likeness (QED) is 0.893. The van der Waals surface area contributed by atoms with Crippen LogP contribution < -0.4 is 5.32 Å². The van der Waals surface area contributed by atoms with E-state index in [2.05, 4.69) is 10.4 Å². The van der Waals surface area contributed by atoms with E-state index in [1.807, 2.05) is 20.9 Å². The van der Waals surface area contributed by atoms with Crippen molar-refractivity contribution in [1.82, 2.24) is 15.1 Å². The highest BCUT2D eigenvalue weighted by Crippen LogP contribution is 2.24. The minimum atomic E-state index is -0.818. The molecule has 1 aromatic heterocycles. The molecule has 1 aliphatic rings. The number of aliphatic carboxylic acids is 1. The maximum Gasteiger partial charge on any atom is 0.308 e. The summed E-state index contributed by atoms with van der Waals surface area (Å²) in [6.07, 6.45) is 5.37. The van der Waals surface area contributed by atoms with E-state index in [-0.39, 0.29) is 17.9 Å². The zero-order valence-corrected chi connectivity index (χ0v) is 14.2. The van der Waals surface area contributed by atoms with Crippen LogP contribution in [0.15, 0.2) is 6.07 Å². The summed E-state index contributed by atoms with van der Waals surface area (Å²) in [5, 5.41) is 16.6. The maximum atomic E-state index is 12.5. The Labute approximate surface area is 137 Å². The first-order chi connectivity index (χ1) is 10.9. The molecule has 1 saturated carbocycles. The number of amides is 1. The van der Waals surface area contributed by atoms with Crippen molar-refractivity contribution in [1.29, 1.82) is 0 Å². The van der Waals surface area contributed by atoms with Crippen LogP contribution in [-0.2, 0) is 11.8 Å². The van der Waals surface area contributed by atoms with E-state index in [9.17, 15) is 14.7 Å². The molecular formula is C17H27N3O3. The molecule has 2 unspecified atom stereocenters. The lowest BCUT2D eigenvalue weighted by atomic mass is 9.86. The van der Waals surface area contributed by atoms with Gasteiger partial charge >= 0.3 is 5.97 Å². The Bertz CT molecular complexity index is 565. The minimum absolute atomic E-state index is 0.274. The third kappa shape index (κ3) is 4.33. The van der Waals surface area contributed by atoms with Gasteiger partial charge < -0.3 is 10.4 Å². The lowest BCUT2D eigenvalue weighted by Crippen LogP contribution is -2.44. The standard InChI is InChI=1S/C17H27N3O3/c1-11(2)15-10-14(19-20(15)3)16(21)18-13-9-7-5-4-6-8-12(13)17(22)23/h10-13H,4-9H2,1-3H3,(H,18,21)(H,22,23). The molecule has 23 heavy (non-hydrogen) atoms. The number of carboxylic acid groups (broad SMARTS) is 1. The Morgan fingerprint density at radius 1 is 1.26 bits per heavy atom. The van der Waals surface area contributed by atoms with Crippen LogP contribution in [0.4, 0.5) is 0 Å². The SMILES string of the molecule is CC(C)c1cc(C(=O)NC2CCCCCCC2C(=O)O)nn1C. The van der Waals surface area contributed by atoms with Crippen LogP contribution in [0.1, 0.15) is 74.5 Å². The lowest BCUT2D eigenvalue weighted by Gasteiger charge is -2.26. The van der Waals surface area contributed by atoms with Gasteiger partial charge in [-0.05, 0) is 24.8 Å². The molecule has 1 amide bonds. The van der Waals surface area contributed by atoms with E-state index in [1.165, 1.54) is 0 Å². The predicted molar refractivity (Wildman–Crippen MR) is 87.4 cm³/mol. The van der Waals surface area contributed by atoms with E-state index in [0.29, 0.717) is 18.5 Å². The zero-order valence-electron chi connectivity index (χ0n) is 14.2. The highest BCUT2D eigenvalue weighted by molar-refractivity contribution is 5.93. The van der Waals surface area contributed by atoms with Crippen molar-refractivity contribution in [2.75, 3.05) is 0 Å². The van der Waals surface area contributed by atoms with Crippen molar-refractivity contribution >= 4 is 11.9 Å². The van der Waals surface area contributed by atoms with Crippen LogP contribution in [-0.4, -0.2) is 32.8 Å². The third-order valence-corrected chi connectivity index (χ3v) is 4.64. The molecule has 1 heterocycles. The van der Waals surface area contributed by atoms with E-state index in [4.69, 9.17) is 0 Å². The van der Waals surface area contributed by atoms with Crippen LogP contribution >= 0.6 is 0 Å². The van der Waals surface area contributed by atoms with Crippen molar-refractivity contribution in [3.63, 3.8) is 0 Å². The summed E-state index contributed by atoms with van der Waals surface area (Å²) < 4.78 is 1.71. The molecule has 6 nitrogen and oxygen atoms in total. The average Bonchev–Trinajstić information content (AvgIpc) is 2.83. The summed E-state index contributed by atoms with van der Waals surface area (Å²) in [5.74, 6) is -1.32. The molecule has 0 bridgehead atoms. The second-order valence-electron chi connectivity index (χ2n) is 6.75. The molecule has 0 saturated heterocycles. The number of hydrogen-bond donors (Lipinski definition) is 2. The number of nitrogens with one attached hydrogen (secondary N) is 1. The van der Waals surface area contributed by atoms with Gasteiger partial charge in [-0.1, -0.05) is 39.5 Å². The largest absolute Gasteiger partial charge is 0.481 e. The van der Waals surface area contributed by atoms with Gasteiger partial charge in [0.1, 0.15) is 5.69 Å². The molecule has 2 rings (SSSR count). The normalized spacial score (nSPS) is 22.4. The summed E-state index contributed by atoms with van der Waals surface area (Å²) in [4.78, 5) is 24.0. The summed E-state index contributed by atoms with van der Waals surface area (Å²) >= 11 is 0. The zero-order chi connectivity index (χ0) is 17.0. The fourth-order valence-corrected chi connectivity index (χ4v) is 3.33. The Hall–Kier alpha value is -1.85. The van der Waals surface area contributed by atoms with Gasteiger partial charge in [0.2, 0.25) is 0 Å². The smallest absolute Gasteiger partial charge is 0.308 e. The average molecular weight is 321 g/mol. The molecule has 0 spiro atoms. The van der Waals surface area contributed by atoms with Gasteiger partial charge in [0.05, 0.1) is 5.92 Å². The first-order valence-corrected chi connectivity index (χ1v) is 8.47. The molecule has 1 fully saturated rings. The highest BCUT2D eigenvalue weighted by Gasteiger charge is 2.30. The number of carbonyl (C=O) groups is 2. The van der Waals surface area contributed by atoms with Crippen LogP contribution in [0.5, 0.6) is 0 Å². The molecule has 1 aliphatic carbocycles. The van der Waals surface area contributed by atoms with E-state index in [1.54, 1.807) is 10.7 Å². The highest BCUT2D eigenvalue weighted by atomic mass is 16.4. The Morgan fingerprint density at radius 3 is 2.48 bits per heavy atom. The molecule has 128 valence electrons. The van der Waals surface area contributed by atoms with Gasteiger partial charge in [-0.25, -0.2) is 0 Å². The number of hydrogen-bond acceptors (Lipinski definition) is 3. The Kier molecular flexibility index (Phi) is 5.80. The molecule has 2 N–H and O–H groups in total. The van der Waals surface area contributed by atoms with E-state index < -0.39 is 11.9 Å². The van der Waals surface area contributed by atoms with Crippen LogP contribution in [0.3, 0.4) is 0 Å². The predicted octanol–water partition coefficient (Wildman–Crippen LogP) is 2.70. The first-order valence-electron chi connectivity index (χ1n) is 8.47. The van der Waals surface area contributed by atoms with Crippen molar-refractivity contribution in [2.45, 2.75) is 64.3 Å². The minimum Gasteiger partial charge on any atom is -0.481 e.